The number of rotatable bonds is 6. The van der Waals surface area contributed by atoms with Crippen LogP contribution in [0.1, 0.15) is 29.6 Å². The molecular formula is C16H23N2O3S. The lowest BCUT2D eigenvalue weighted by molar-refractivity contribution is 0.0906. The summed E-state index contributed by atoms with van der Waals surface area (Å²) in [5, 5.41) is 13.6. The molecule has 22 heavy (non-hydrogen) atoms. The first kappa shape index (κ1) is 17.3. The Morgan fingerprint density at radius 3 is 2.50 bits per heavy atom. The third kappa shape index (κ3) is 4.98. The van der Waals surface area contributed by atoms with Gasteiger partial charge in [-0.3, -0.25) is 4.79 Å². The summed E-state index contributed by atoms with van der Waals surface area (Å²) in [6, 6.07) is 7.09. The maximum atomic E-state index is 12.2. The van der Waals surface area contributed by atoms with Gasteiger partial charge < -0.3 is 14.8 Å². The topological polar surface area (TPSA) is 75.3 Å². The van der Waals surface area contributed by atoms with Crippen molar-refractivity contribution in [3.8, 4) is 0 Å². The van der Waals surface area contributed by atoms with Crippen LogP contribution in [-0.4, -0.2) is 53.9 Å². The molecule has 0 aromatic heterocycles. The normalized spacial score (nSPS) is 18.1. The largest absolute Gasteiger partial charge is 0.612 e. The Bertz CT molecular complexity index is 471. The highest BCUT2D eigenvalue weighted by Crippen LogP contribution is 2.13. The molecule has 1 amide bonds. The Morgan fingerprint density at radius 1 is 1.32 bits per heavy atom. The highest BCUT2D eigenvalue weighted by atomic mass is 32.2. The Kier molecular flexibility index (Phi) is 6.70. The van der Waals surface area contributed by atoms with Gasteiger partial charge in [-0.2, -0.15) is 0 Å². The van der Waals surface area contributed by atoms with E-state index in [4.69, 9.17) is 0 Å². The molecule has 1 aromatic carbocycles. The second kappa shape index (κ2) is 8.53. The molecule has 121 valence electrons. The number of benzene rings is 1. The number of hydrogen-bond donors (Lipinski definition) is 1. The summed E-state index contributed by atoms with van der Waals surface area (Å²) < 4.78 is 11.3. The van der Waals surface area contributed by atoms with Crippen LogP contribution in [-0.2, 0) is 16.3 Å². The number of hydrogen-bond acceptors (Lipinski definition) is 3. The zero-order valence-corrected chi connectivity index (χ0v) is 13.7. The summed E-state index contributed by atoms with van der Waals surface area (Å²) in [7, 11) is 0. The molecule has 0 spiro atoms. The third-order valence-corrected chi connectivity index (χ3v) is 4.93. The SMILES string of the molecule is C[S+]([O-])c1ccc(C(=O)NC2CCN(CCC[O])CC2)cc1. The van der Waals surface area contributed by atoms with Gasteiger partial charge in [0.15, 0.2) is 4.90 Å². The molecule has 5 nitrogen and oxygen atoms in total. The fourth-order valence-electron chi connectivity index (χ4n) is 2.66. The fraction of sp³-hybridized carbons (Fsp3) is 0.562. The fourth-order valence-corrected chi connectivity index (χ4v) is 3.18. The van der Waals surface area contributed by atoms with Crippen LogP contribution >= 0.6 is 0 Å². The van der Waals surface area contributed by atoms with Gasteiger partial charge in [0.05, 0.1) is 6.61 Å². The third-order valence-electron chi connectivity index (χ3n) is 3.99. The molecule has 6 heteroatoms. The van der Waals surface area contributed by atoms with Gasteiger partial charge >= 0.3 is 0 Å². The highest BCUT2D eigenvalue weighted by Gasteiger charge is 2.21. The van der Waals surface area contributed by atoms with Crippen molar-refractivity contribution in [1.29, 1.82) is 0 Å². The van der Waals surface area contributed by atoms with Crippen molar-refractivity contribution >= 4 is 17.1 Å². The zero-order valence-electron chi connectivity index (χ0n) is 12.9. The van der Waals surface area contributed by atoms with Crippen LogP contribution in [0.15, 0.2) is 29.2 Å². The maximum absolute atomic E-state index is 12.2. The summed E-state index contributed by atoms with van der Waals surface area (Å²) in [4.78, 5) is 15.2. The van der Waals surface area contributed by atoms with Gasteiger partial charge in [0.1, 0.15) is 6.26 Å². The van der Waals surface area contributed by atoms with Gasteiger partial charge in [-0.1, -0.05) is 0 Å². The lowest BCUT2D eigenvalue weighted by Gasteiger charge is -2.32. The van der Waals surface area contributed by atoms with Gasteiger partial charge in [0.2, 0.25) is 0 Å². The molecule has 1 aliphatic rings. The molecule has 1 N–H and O–H groups in total. The molecule has 1 unspecified atom stereocenters. The number of nitrogens with zero attached hydrogens (tertiary/aromatic N) is 1. The summed E-state index contributed by atoms with van der Waals surface area (Å²) in [5.41, 5.74) is 0.600. The van der Waals surface area contributed by atoms with E-state index >= 15 is 0 Å². The molecule has 0 saturated carbocycles. The molecule has 2 rings (SSSR count). The quantitative estimate of drug-likeness (QED) is 0.805. The van der Waals surface area contributed by atoms with Crippen LogP contribution in [0.5, 0.6) is 0 Å². The average molecular weight is 323 g/mol. The number of nitrogens with one attached hydrogen (secondary N) is 1. The molecule has 1 radical (unpaired) electrons. The molecule has 1 aliphatic heterocycles. The number of amides is 1. The Balaban J connectivity index is 1.80. The lowest BCUT2D eigenvalue weighted by atomic mass is 10.0. The van der Waals surface area contributed by atoms with Gasteiger partial charge in [-0.05, 0) is 54.7 Å². The van der Waals surface area contributed by atoms with Gasteiger partial charge in [-0.15, -0.1) is 0 Å². The minimum absolute atomic E-state index is 0.0186. The molecule has 0 bridgehead atoms. The van der Waals surface area contributed by atoms with Gasteiger partial charge in [0.25, 0.3) is 5.91 Å². The van der Waals surface area contributed by atoms with Gasteiger partial charge in [-0.25, -0.2) is 5.11 Å². The van der Waals surface area contributed by atoms with Crippen molar-refractivity contribution in [2.75, 3.05) is 32.5 Å². The first-order valence-electron chi connectivity index (χ1n) is 7.65. The van der Waals surface area contributed by atoms with E-state index in [9.17, 15) is 14.5 Å². The van der Waals surface area contributed by atoms with Crippen molar-refractivity contribution in [3.05, 3.63) is 29.8 Å². The van der Waals surface area contributed by atoms with Crippen LogP contribution in [0.2, 0.25) is 0 Å². The Morgan fingerprint density at radius 2 is 1.95 bits per heavy atom. The van der Waals surface area contributed by atoms with Crippen LogP contribution in [0.3, 0.4) is 0 Å². The number of carbonyl (C=O) groups excluding carboxylic acids is 1. The molecule has 1 fully saturated rings. The minimum Gasteiger partial charge on any atom is -0.612 e. The van der Waals surface area contributed by atoms with E-state index < -0.39 is 11.2 Å². The van der Waals surface area contributed by atoms with E-state index in [2.05, 4.69) is 10.2 Å². The predicted octanol–water partition coefficient (Wildman–Crippen LogP) is 1.44. The summed E-state index contributed by atoms with van der Waals surface area (Å²) in [6.45, 7) is 2.70. The zero-order chi connectivity index (χ0) is 15.9. The number of piperidine rings is 1. The minimum atomic E-state index is -1.02. The summed E-state index contributed by atoms with van der Waals surface area (Å²) in [6.07, 6.45) is 4.15. The van der Waals surface area contributed by atoms with Crippen LogP contribution in [0, 0.1) is 0 Å². The molecule has 1 atom stereocenters. The monoisotopic (exact) mass is 323 g/mol. The van der Waals surface area contributed by atoms with Crippen LogP contribution in [0.4, 0.5) is 0 Å². The molecule has 0 aliphatic carbocycles. The first-order valence-corrected chi connectivity index (χ1v) is 9.21. The number of likely N-dealkylation sites (tertiary alicyclic amines) is 1. The summed E-state index contributed by atoms with van der Waals surface area (Å²) >= 11 is -1.02. The van der Waals surface area contributed by atoms with Crippen molar-refractivity contribution in [2.45, 2.75) is 30.2 Å². The van der Waals surface area contributed by atoms with E-state index in [1.165, 1.54) is 0 Å². The highest BCUT2D eigenvalue weighted by molar-refractivity contribution is 7.90. The van der Waals surface area contributed by atoms with Crippen molar-refractivity contribution in [1.82, 2.24) is 10.2 Å². The standard InChI is InChI=1S/C16H23N2O3S/c1-22(21)15-5-3-13(4-6-15)16(20)17-14-7-10-18(11-8-14)9-2-12-19/h3-6,14H,2,7-12H2,1H3,(H,17,20). The van der Waals surface area contributed by atoms with Crippen molar-refractivity contribution < 1.29 is 14.5 Å². The van der Waals surface area contributed by atoms with E-state index in [0.717, 1.165) is 37.4 Å². The average Bonchev–Trinajstić information content (AvgIpc) is 2.54. The lowest BCUT2D eigenvalue weighted by Crippen LogP contribution is -2.44. The van der Waals surface area contributed by atoms with E-state index in [1.54, 1.807) is 30.5 Å². The van der Waals surface area contributed by atoms with E-state index in [0.29, 0.717) is 12.0 Å². The maximum Gasteiger partial charge on any atom is 0.251 e. The second-order valence-corrected chi connectivity index (χ2v) is 7.01. The molecule has 1 saturated heterocycles. The molecule has 1 heterocycles. The van der Waals surface area contributed by atoms with E-state index in [-0.39, 0.29) is 18.6 Å². The molecular weight excluding hydrogens is 300 g/mol. The van der Waals surface area contributed by atoms with Crippen molar-refractivity contribution in [2.24, 2.45) is 0 Å². The summed E-state index contributed by atoms with van der Waals surface area (Å²) in [5.74, 6) is -0.0774. The van der Waals surface area contributed by atoms with Gasteiger partial charge in [0, 0.05) is 31.2 Å². The second-order valence-electron chi connectivity index (χ2n) is 5.63. The Labute approximate surface area is 134 Å². The van der Waals surface area contributed by atoms with Crippen LogP contribution < -0.4 is 5.32 Å². The Hall–Kier alpha value is -1.08. The first-order chi connectivity index (χ1) is 10.6. The van der Waals surface area contributed by atoms with Crippen molar-refractivity contribution in [3.63, 3.8) is 0 Å². The van der Waals surface area contributed by atoms with Crippen LogP contribution in [0.25, 0.3) is 0 Å². The van der Waals surface area contributed by atoms with E-state index in [1.807, 2.05) is 0 Å². The predicted molar refractivity (Wildman–Crippen MR) is 85.9 cm³/mol. The number of carbonyl (C=O) groups is 1. The smallest absolute Gasteiger partial charge is 0.251 e. The molecule has 1 aromatic rings.